The monoisotopic (exact) mass is 194 g/mol. The van der Waals surface area contributed by atoms with Gasteiger partial charge in [0, 0.05) is 11.1 Å². The van der Waals surface area contributed by atoms with Crippen LogP contribution in [-0.4, -0.2) is 5.78 Å². The summed E-state index contributed by atoms with van der Waals surface area (Å²) >= 11 is 0. The van der Waals surface area contributed by atoms with Gasteiger partial charge in [-0.05, 0) is 25.5 Å². The molecule has 0 aromatic heterocycles. The third-order valence-corrected chi connectivity index (χ3v) is 1.96. The third-order valence-electron chi connectivity index (χ3n) is 1.96. The number of rotatable bonds is 2. The van der Waals surface area contributed by atoms with Crippen LogP contribution in [0.2, 0.25) is 0 Å². The summed E-state index contributed by atoms with van der Waals surface area (Å²) in [7, 11) is 0. The van der Waals surface area contributed by atoms with E-state index in [-0.39, 0.29) is 5.78 Å². The Morgan fingerprint density at radius 3 is 2.29 bits per heavy atom. The van der Waals surface area contributed by atoms with Crippen molar-refractivity contribution >= 4 is 5.78 Å². The Morgan fingerprint density at radius 1 is 1.36 bits per heavy atom. The number of hydrogen-bond donors (Lipinski definition) is 1. The number of ketones is 1. The van der Waals surface area contributed by atoms with Crippen molar-refractivity contribution in [3.63, 3.8) is 0 Å². The molecular weight excluding hydrogens is 174 g/mol. The fourth-order valence-corrected chi connectivity index (χ4v) is 1.28. The van der Waals surface area contributed by atoms with Gasteiger partial charge in [0.2, 0.25) is 0 Å². The van der Waals surface area contributed by atoms with Crippen molar-refractivity contribution in [2.75, 3.05) is 0 Å². The fourth-order valence-electron chi connectivity index (χ4n) is 1.28. The van der Waals surface area contributed by atoms with E-state index < -0.39 is 0 Å². The molecule has 0 spiro atoms. The van der Waals surface area contributed by atoms with Gasteiger partial charge < -0.3 is 5.73 Å². The van der Waals surface area contributed by atoms with Crippen LogP contribution in [0.1, 0.15) is 42.3 Å². The molecule has 0 aliphatic rings. The van der Waals surface area contributed by atoms with E-state index >= 15 is 0 Å². The highest BCUT2D eigenvalue weighted by atomic mass is 16.1. The lowest BCUT2D eigenvalue weighted by molar-refractivity contribution is -0.386. The second-order valence-corrected chi connectivity index (χ2v) is 2.96. The highest BCUT2D eigenvalue weighted by Crippen LogP contribution is 2.10. The van der Waals surface area contributed by atoms with Crippen molar-refractivity contribution in [1.29, 1.82) is 0 Å². The molecule has 14 heavy (non-hydrogen) atoms. The zero-order chi connectivity index (χ0) is 11.1. The van der Waals surface area contributed by atoms with Crippen molar-refractivity contribution in [1.82, 2.24) is 0 Å². The molecule has 78 valence electrons. The Labute approximate surface area is 86.1 Å². The normalized spacial score (nSPS) is 8.93. The zero-order valence-electron chi connectivity index (χ0n) is 9.55. The fraction of sp³-hybridized carbons (Fsp3) is 0.417. The van der Waals surface area contributed by atoms with Crippen LogP contribution in [-0.2, 0) is 6.54 Å². The largest absolute Gasteiger partial charge is 0.354 e. The van der Waals surface area contributed by atoms with Gasteiger partial charge in [-0.25, -0.2) is 0 Å². The Balaban J connectivity index is 0.000000791. The average Bonchev–Trinajstić information content (AvgIpc) is 2.20. The molecule has 0 fully saturated rings. The topological polar surface area (TPSA) is 44.7 Å². The summed E-state index contributed by atoms with van der Waals surface area (Å²) in [6.45, 7) is 8.32. The summed E-state index contributed by atoms with van der Waals surface area (Å²) in [5, 5.41) is 0. The van der Waals surface area contributed by atoms with Crippen LogP contribution in [0.5, 0.6) is 0 Å². The number of hydrogen-bond acceptors (Lipinski definition) is 1. The number of benzene rings is 1. The first-order valence-corrected chi connectivity index (χ1v) is 5.05. The zero-order valence-corrected chi connectivity index (χ0v) is 9.55. The molecule has 0 unspecified atom stereocenters. The van der Waals surface area contributed by atoms with Gasteiger partial charge in [0.15, 0.2) is 5.78 Å². The Bertz CT molecular complexity index is 305. The quantitative estimate of drug-likeness (QED) is 0.719. The highest BCUT2D eigenvalue weighted by Gasteiger charge is 2.03. The molecule has 2 nitrogen and oxygen atoms in total. The second-order valence-electron chi connectivity index (χ2n) is 2.96. The maximum absolute atomic E-state index is 11.1. The molecule has 0 amide bonds. The van der Waals surface area contributed by atoms with Crippen LogP contribution in [0.15, 0.2) is 18.2 Å². The first-order valence-electron chi connectivity index (χ1n) is 5.05. The maximum Gasteiger partial charge on any atom is 0.160 e. The molecule has 1 rings (SSSR count). The van der Waals surface area contributed by atoms with Gasteiger partial charge in [0.25, 0.3) is 0 Å². The molecule has 0 bridgehead atoms. The molecule has 1 aromatic rings. The van der Waals surface area contributed by atoms with Crippen LogP contribution in [0.3, 0.4) is 0 Å². The molecule has 2 heteroatoms. The van der Waals surface area contributed by atoms with Crippen molar-refractivity contribution in [3.05, 3.63) is 34.9 Å². The smallest absolute Gasteiger partial charge is 0.160 e. The summed E-state index contributed by atoms with van der Waals surface area (Å²) in [4.78, 5) is 11.1. The molecule has 0 saturated carbocycles. The lowest BCUT2D eigenvalue weighted by Gasteiger charge is -2.02. The minimum absolute atomic E-state index is 0.128. The van der Waals surface area contributed by atoms with E-state index in [1.54, 1.807) is 6.92 Å². The van der Waals surface area contributed by atoms with E-state index in [1.165, 1.54) is 5.56 Å². The summed E-state index contributed by atoms with van der Waals surface area (Å²) in [6, 6.07) is 5.85. The van der Waals surface area contributed by atoms with Crippen LogP contribution >= 0.6 is 0 Å². The number of carbonyl (C=O) groups is 1. The molecule has 1 aromatic carbocycles. The van der Waals surface area contributed by atoms with E-state index in [4.69, 9.17) is 0 Å². The Kier molecular flexibility index (Phi) is 5.81. The third kappa shape index (κ3) is 3.30. The van der Waals surface area contributed by atoms with Crippen LogP contribution in [0, 0.1) is 6.92 Å². The van der Waals surface area contributed by atoms with E-state index in [2.05, 4.69) is 5.73 Å². The maximum atomic E-state index is 11.1. The van der Waals surface area contributed by atoms with Crippen molar-refractivity contribution < 1.29 is 10.5 Å². The second kappa shape index (κ2) is 6.33. The SMILES string of the molecule is CC.CC(=O)c1ccc(C[NH3+])cc1C. The lowest BCUT2D eigenvalue weighted by Crippen LogP contribution is -2.47. The predicted molar refractivity (Wildman–Crippen MR) is 59.1 cm³/mol. The first kappa shape index (κ1) is 12.8. The first-order chi connectivity index (χ1) is 6.65. The molecule has 0 aliphatic heterocycles. The standard InChI is InChI=1S/C10H13NO.C2H6/c1-7-5-9(6-11)3-4-10(7)8(2)12;1-2/h3-5H,6,11H2,1-2H3;1-2H3/p+1. The summed E-state index contributed by atoms with van der Waals surface area (Å²) in [5.74, 6) is 0.128. The Hall–Kier alpha value is -1.15. The molecule has 0 radical (unpaired) electrons. The van der Waals surface area contributed by atoms with Crippen molar-refractivity contribution in [2.45, 2.75) is 34.2 Å². The van der Waals surface area contributed by atoms with Gasteiger partial charge in [-0.1, -0.05) is 26.0 Å². The summed E-state index contributed by atoms with van der Waals surface area (Å²) in [5.41, 5.74) is 6.82. The van der Waals surface area contributed by atoms with E-state index in [0.29, 0.717) is 0 Å². The minimum atomic E-state index is 0.128. The van der Waals surface area contributed by atoms with Crippen LogP contribution in [0.4, 0.5) is 0 Å². The number of carbonyl (C=O) groups excluding carboxylic acids is 1. The molecule has 0 heterocycles. The summed E-state index contributed by atoms with van der Waals surface area (Å²) < 4.78 is 0. The van der Waals surface area contributed by atoms with Gasteiger partial charge in [0.1, 0.15) is 0 Å². The van der Waals surface area contributed by atoms with Gasteiger partial charge in [-0.2, -0.15) is 0 Å². The van der Waals surface area contributed by atoms with Crippen LogP contribution < -0.4 is 5.73 Å². The summed E-state index contributed by atoms with van der Waals surface area (Å²) in [6.07, 6.45) is 0. The van der Waals surface area contributed by atoms with Gasteiger partial charge in [0.05, 0.1) is 6.54 Å². The molecular formula is C12H20NO+. The van der Waals surface area contributed by atoms with Gasteiger partial charge in [-0.3, -0.25) is 4.79 Å². The number of Topliss-reactive ketones (excluding diaryl/α,β-unsaturated/α-hetero) is 1. The van der Waals surface area contributed by atoms with Crippen LogP contribution in [0.25, 0.3) is 0 Å². The Morgan fingerprint density at radius 2 is 1.93 bits per heavy atom. The highest BCUT2D eigenvalue weighted by molar-refractivity contribution is 5.95. The van der Waals surface area contributed by atoms with E-state index in [9.17, 15) is 4.79 Å². The minimum Gasteiger partial charge on any atom is -0.354 e. The predicted octanol–water partition coefficient (Wildman–Crippen LogP) is 1.97. The molecule has 0 saturated heterocycles. The van der Waals surface area contributed by atoms with Gasteiger partial charge >= 0.3 is 0 Å². The van der Waals surface area contributed by atoms with Crippen molar-refractivity contribution in [2.24, 2.45) is 0 Å². The molecule has 3 N–H and O–H groups in total. The van der Waals surface area contributed by atoms with Crippen molar-refractivity contribution in [3.8, 4) is 0 Å². The average molecular weight is 194 g/mol. The number of aryl methyl sites for hydroxylation is 1. The number of quaternary nitrogens is 1. The van der Waals surface area contributed by atoms with E-state index in [0.717, 1.165) is 17.7 Å². The lowest BCUT2D eigenvalue weighted by atomic mass is 10.0. The van der Waals surface area contributed by atoms with E-state index in [1.807, 2.05) is 39.0 Å². The molecule has 0 atom stereocenters. The molecule has 0 aliphatic carbocycles. The van der Waals surface area contributed by atoms with Gasteiger partial charge in [-0.15, -0.1) is 0 Å².